The van der Waals surface area contributed by atoms with Crippen molar-refractivity contribution in [3.05, 3.63) is 29.8 Å². The molecule has 110 valence electrons. The molecule has 6 heteroatoms. The van der Waals surface area contributed by atoms with E-state index in [2.05, 4.69) is 0 Å². The monoisotopic (exact) mass is 298 g/mol. The molecule has 0 bridgehead atoms. The summed E-state index contributed by atoms with van der Waals surface area (Å²) >= 11 is 0. The largest absolute Gasteiger partial charge is 0.478 e. The summed E-state index contributed by atoms with van der Waals surface area (Å²) in [6.45, 7) is 1.84. The van der Waals surface area contributed by atoms with Gasteiger partial charge in [-0.3, -0.25) is 0 Å². The second kappa shape index (κ2) is 5.20. The summed E-state index contributed by atoms with van der Waals surface area (Å²) < 4.78 is 39.5. The topological polar surface area (TPSA) is 61.8 Å². The Balaban J connectivity index is 2.39. The summed E-state index contributed by atoms with van der Waals surface area (Å²) in [5.41, 5.74) is -0.0420. The molecule has 1 aliphatic heterocycles. The molecule has 1 aromatic rings. The zero-order valence-corrected chi connectivity index (χ0v) is 12.7. The molecule has 0 saturated heterocycles. The summed E-state index contributed by atoms with van der Waals surface area (Å²) in [7, 11) is -0.148. The lowest BCUT2D eigenvalue weighted by molar-refractivity contribution is -0.180. The Bertz CT molecular complexity index is 631. The van der Waals surface area contributed by atoms with E-state index in [1.165, 1.54) is 12.3 Å². The van der Waals surface area contributed by atoms with Gasteiger partial charge in [0.15, 0.2) is 15.4 Å². The van der Waals surface area contributed by atoms with Crippen LogP contribution in [0.3, 0.4) is 0 Å². The molecule has 1 atom stereocenters. The van der Waals surface area contributed by atoms with E-state index >= 15 is 0 Å². The smallest absolute Gasteiger partial charge is 0.200 e. The van der Waals surface area contributed by atoms with Gasteiger partial charge in [-0.05, 0) is 31.2 Å². The Labute approximate surface area is 119 Å². The normalized spacial score (nSPS) is 21.6. The highest BCUT2D eigenvalue weighted by Crippen LogP contribution is 2.35. The van der Waals surface area contributed by atoms with Crippen LogP contribution < -0.4 is 4.74 Å². The van der Waals surface area contributed by atoms with Crippen LogP contribution >= 0.6 is 0 Å². The third kappa shape index (κ3) is 2.72. The fourth-order valence-corrected chi connectivity index (χ4v) is 2.85. The summed E-state index contributed by atoms with van der Waals surface area (Å²) in [6, 6.07) is 4.77. The number of methoxy groups -OCH3 is 2. The van der Waals surface area contributed by atoms with Gasteiger partial charge in [0, 0.05) is 26.0 Å². The molecule has 1 heterocycles. The van der Waals surface area contributed by atoms with E-state index < -0.39 is 21.7 Å². The Morgan fingerprint density at radius 2 is 1.90 bits per heavy atom. The lowest BCUT2D eigenvalue weighted by Crippen LogP contribution is -2.46. The van der Waals surface area contributed by atoms with E-state index in [0.717, 1.165) is 5.56 Å². The number of rotatable bonds is 4. The van der Waals surface area contributed by atoms with E-state index in [1.54, 1.807) is 32.4 Å². The van der Waals surface area contributed by atoms with Crippen LogP contribution in [0.1, 0.15) is 12.5 Å². The molecule has 1 aromatic carbocycles. The summed E-state index contributed by atoms with van der Waals surface area (Å²) in [6.07, 6.45) is 4.25. The zero-order chi connectivity index (χ0) is 15.0. The lowest BCUT2D eigenvalue weighted by Gasteiger charge is -2.36. The van der Waals surface area contributed by atoms with Gasteiger partial charge in [-0.1, -0.05) is 6.08 Å². The molecule has 0 fully saturated rings. The van der Waals surface area contributed by atoms with Gasteiger partial charge in [-0.2, -0.15) is 0 Å². The highest BCUT2D eigenvalue weighted by Gasteiger charge is 2.37. The van der Waals surface area contributed by atoms with Gasteiger partial charge in [0.25, 0.3) is 0 Å². The van der Waals surface area contributed by atoms with Gasteiger partial charge >= 0.3 is 0 Å². The van der Waals surface area contributed by atoms with Crippen LogP contribution in [0.25, 0.3) is 6.08 Å². The Kier molecular flexibility index (Phi) is 3.90. The van der Waals surface area contributed by atoms with Gasteiger partial charge in [0.2, 0.25) is 6.29 Å². The van der Waals surface area contributed by atoms with Gasteiger partial charge in [0.1, 0.15) is 5.75 Å². The van der Waals surface area contributed by atoms with Crippen molar-refractivity contribution in [2.24, 2.45) is 0 Å². The van der Waals surface area contributed by atoms with Crippen molar-refractivity contribution < 1.29 is 22.6 Å². The maximum absolute atomic E-state index is 11.5. The van der Waals surface area contributed by atoms with Crippen LogP contribution in [0.5, 0.6) is 5.75 Å². The molecule has 5 nitrogen and oxygen atoms in total. The Morgan fingerprint density at radius 1 is 1.25 bits per heavy atom. The molecule has 2 rings (SSSR count). The van der Waals surface area contributed by atoms with E-state index in [9.17, 15) is 8.42 Å². The SMILES string of the molecule is COC(OC)[C@]1(C)C=Cc2cc(S(C)(=O)=O)ccc2O1. The molecule has 1 aliphatic rings. The average Bonchev–Trinajstić information content (AvgIpc) is 2.38. The van der Waals surface area contributed by atoms with Crippen LogP contribution in [0.2, 0.25) is 0 Å². The molecule has 0 N–H and O–H groups in total. The van der Waals surface area contributed by atoms with E-state index in [-0.39, 0.29) is 4.90 Å². The minimum atomic E-state index is -3.23. The number of benzene rings is 1. The molecular formula is C14H18O5S. The van der Waals surface area contributed by atoms with Crippen LogP contribution in [0, 0.1) is 0 Å². The molecule has 0 unspecified atom stereocenters. The number of hydrogen-bond acceptors (Lipinski definition) is 5. The van der Waals surface area contributed by atoms with Crippen molar-refractivity contribution in [3.63, 3.8) is 0 Å². The number of fused-ring (bicyclic) bond motifs is 1. The second-order valence-electron chi connectivity index (χ2n) is 4.89. The first-order valence-corrected chi connectivity index (χ1v) is 7.97. The number of ether oxygens (including phenoxy) is 3. The summed E-state index contributed by atoms with van der Waals surface area (Å²) in [5.74, 6) is 0.599. The minimum absolute atomic E-state index is 0.267. The third-order valence-corrected chi connectivity index (χ3v) is 4.34. The predicted molar refractivity (Wildman–Crippen MR) is 75.4 cm³/mol. The number of sulfone groups is 1. The van der Waals surface area contributed by atoms with E-state index in [4.69, 9.17) is 14.2 Å². The maximum Gasteiger partial charge on any atom is 0.200 e. The first-order chi connectivity index (χ1) is 9.30. The van der Waals surface area contributed by atoms with E-state index in [0.29, 0.717) is 5.75 Å². The molecular weight excluding hydrogens is 280 g/mol. The van der Waals surface area contributed by atoms with Crippen LogP contribution in [0.4, 0.5) is 0 Å². The Morgan fingerprint density at radius 3 is 2.45 bits per heavy atom. The maximum atomic E-state index is 11.5. The summed E-state index contributed by atoms with van der Waals surface area (Å²) in [5, 5.41) is 0. The summed E-state index contributed by atoms with van der Waals surface area (Å²) in [4.78, 5) is 0.267. The zero-order valence-electron chi connectivity index (χ0n) is 11.9. The van der Waals surface area contributed by atoms with Crippen molar-refractivity contribution in [2.45, 2.75) is 23.7 Å². The minimum Gasteiger partial charge on any atom is -0.478 e. The van der Waals surface area contributed by atoms with Crippen LogP contribution in [-0.4, -0.2) is 40.8 Å². The van der Waals surface area contributed by atoms with Crippen molar-refractivity contribution >= 4 is 15.9 Å². The fraction of sp³-hybridized carbons (Fsp3) is 0.429. The van der Waals surface area contributed by atoms with Gasteiger partial charge in [-0.25, -0.2) is 8.42 Å². The highest BCUT2D eigenvalue weighted by atomic mass is 32.2. The fourth-order valence-electron chi connectivity index (χ4n) is 2.20. The van der Waals surface area contributed by atoms with Gasteiger partial charge in [0.05, 0.1) is 4.90 Å². The predicted octanol–water partition coefficient (Wildman–Crippen LogP) is 1.87. The lowest BCUT2D eigenvalue weighted by atomic mass is 9.99. The highest BCUT2D eigenvalue weighted by molar-refractivity contribution is 7.90. The molecule has 0 aliphatic carbocycles. The van der Waals surface area contributed by atoms with Crippen molar-refractivity contribution in [3.8, 4) is 5.75 Å². The number of hydrogen-bond donors (Lipinski definition) is 0. The molecule has 0 radical (unpaired) electrons. The van der Waals surface area contributed by atoms with Crippen molar-refractivity contribution in [1.82, 2.24) is 0 Å². The third-order valence-electron chi connectivity index (χ3n) is 3.23. The molecule has 0 aromatic heterocycles. The van der Waals surface area contributed by atoms with Crippen molar-refractivity contribution in [2.75, 3.05) is 20.5 Å². The first-order valence-electron chi connectivity index (χ1n) is 6.08. The standard InChI is InChI=1S/C14H18O5S/c1-14(13(17-2)18-3)8-7-10-9-11(20(4,15)16)5-6-12(10)19-14/h5-9,13H,1-4H3/t14-/m0/s1. The van der Waals surface area contributed by atoms with Gasteiger partial charge < -0.3 is 14.2 Å². The molecule has 20 heavy (non-hydrogen) atoms. The van der Waals surface area contributed by atoms with Crippen molar-refractivity contribution in [1.29, 1.82) is 0 Å². The molecule has 0 amide bonds. The van der Waals surface area contributed by atoms with Gasteiger partial charge in [-0.15, -0.1) is 0 Å². The first kappa shape index (κ1) is 15.0. The van der Waals surface area contributed by atoms with Crippen LogP contribution in [-0.2, 0) is 19.3 Å². The van der Waals surface area contributed by atoms with E-state index in [1.807, 2.05) is 13.0 Å². The molecule has 0 spiro atoms. The molecule has 0 saturated carbocycles. The second-order valence-corrected chi connectivity index (χ2v) is 6.91. The van der Waals surface area contributed by atoms with Crippen LogP contribution in [0.15, 0.2) is 29.2 Å². The Hall–Kier alpha value is -1.37. The quantitative estimate of drug-likeness (QED) is 0.794. The average molecular weight is 298 g/mol.